The van der Waals surface area contributed by atoms with Gasteiger partial charge in [0.05, 0.1) is 5.75 Å². The molecule has 1 fully saturated rings. The average Bonchev–Trinajstić information content (AvgIpc) is 2.24. The third-order valence-corrected chi connectivity index (χ3v) is 4.96. The molecule has 0 aromatic carbocycles. The van der Waals surface area contributed by atoms with Crippen LogP contribution in [0.25, 0.3) is 0 Å². The second kappa shape index (κ2) is 6.02. The van der Waals surface area contributed by atoms with Gasteiger partial charge in [-0.25, -0.2) is 12.7 Å². The van der Waals surface area contributed by atoms with Crippen LogP contribution in [0.1, 0.15) is 40.0 Å². The SMILES string of the molecule is CC(C)(C)C(=O)NCCCN1CCCCS1(=O)=O. The molecule has 0 aromatic rings. The van der Waals surface area contributed by atoms with Gasteiger partial charge in [0.15, 0.2) is 0 Å². The molecule has 0 unspecified atom stereocenters. The lowest BCUT2D eigenvalue weighted by molar-refractivity contribution is -0.128. The Morgan fingerprint density at radius 2 is 1.94 bits per heavy atom. The molecule has 0 radical (unpaired) electrons. The highest BCUT2D eigenvalue weighted by Crippen LogP contribution is 2.14. The van der Waals surface area contributed by atoms with Crippen LogP contribution >= 0.6 is 0 Å². The molecule has 1 N–H and O–H groups in total. The van der Waals surface area contributed by atoms with Crippen LogP contribution in [0, 0.1) is 5.41 Å². The van der Waals surface area contributed by atoms with Crippen molar-refractivity contribution in [3.63, 3.8) is 0 Å². The maximum atomic E-state index is 11.7. The van der Waals surface area contributed by atoms with E-state index in [4.69, 9.17) is 0 Å². The second-order valence-corrected chi connectivity index (χ2v) is 7.87. The summed E-state index contributed by atoms with van der Waals surface area (Å²) in [6.07, 6.45) is 2.37. The van der Waals surface area contributed by atoms with E-state index in [0.29, 0.717) is 26.1 Å². The molecule has 1 heterocycles. The van der Waals surface area contributed by atoms with Crippen molar-refractivity contribution in [3.05, 3.63) is 0 Å². The summed E-state index contributed by atoms with van der Waals surface area (Å²) < 4.78 is 25.0. The smallest absolute Gasteiger partial charge is 0.225 e. The Hall–Kier alpha value is -0.620. The Balaban J connectivity index is 2.28. The summed E-state index contributed by atoms with van der Waals surface area (Å²) in [6.45, 7) is 7.23. The maximum absolute atomic E-state index is 11.7. The van der Waals surface area contributed by atoms with Crippen LogP contribution in [-0.2, 0) is 14.8 Å². The fourth-order valence-electron chi connectivity index (χ4n) is 1.81. The van der Waals surface area contributed by atoms with Crippen LogP contribution in [0.4, 0.5) is 0 Å². The zero-order chi connectivity index (χ0) is 13.8. The van der Waals surface area contributed by atoms with Gasteiger partial charge in [0, 0.05) is 25.0 Å². The summed E-state index contributed by atoms with van der Waals surface area (Å²) in [4.78, 5) is 11.6. The molecule has 6 heteroatoms. The van der Waals surface area contributed by atoms with Gasteiger partial charge in [-0.05, 0) is 19.3 Å². The minimum Gasteiger partial charge on any atom is -0.356 e. The Labute approximate surface area is 110 Å². The van der Waals surface area contributed by atoms with Gasteiger partial charge >= 0.3 is 0 Å². The fourth-order valence-corrected chi connectivity index (χ4v) is 3.46. The van der Waals surface area contributed by atoms with Crippen LogP contribution < -0.4 is 5.32 Å². The van der Waals surface area contributed by atoms with E-state index < -0.39 is 15.4 Å². The molecule has 1 aliphatic rings. The van der Waals surface area contributed by atoms with Gasteiger partial charge in [-0.15, -0.1) is 0 Å². The third kappa shape index (κ3) is 4.57. The van der Waals surface area contributed by atoms with E-state index in [2.05, 4.69) is 5.32 Å². The number of hydrogen-bond acceptors (Lipinski definition) is 3. The Morgan fingerprint density at radius 1 is 1.28 bits per heavy atom. The monoisotopic (exact) mass is 276 g/mol. The van der Waals surface area contributed by atoms with E-state index in [1.165, 1.54) is 0 Å². The topological polar surface area (TPSA) is 66.5 Å². The molecule has 1 rings (SSSR count). The van der Waals surface area contributed by atoms with Crippen molar-refractivity contribution in [2.75, 3.05) is 25.4 Å². The van der Waals surface area contributed by atoms with E-state index in [1.807, 2.05) is 20.8 Å². The summed E-state index contributed by atoms with van der Waals surface area (Å²) in [7, 11) is -3.03. The molecule has 0 bridgehead atoms. The minimum absolute atomic E-state index is 0.00370. The summed E-state index contributed by atoms with van der Waals surface area (Å²) in [6, 6.07) is 0. The van der Waals surface area contributed by atoms with Crippen molar-refractivity contribution in [2.24, 2.45) is 5.41 Å². The predicted molar refractivity (Wildman–Crippen MR) is 71.7 cm³/mol. The molecule has 0 saturated carbocycles. The molecule has 5 nitrogen and oxygen atoms in total. The van der Waals surface area contributed by atoms with Gasteiger partial charge in [0.25, 0.3) is 0 Å². The lowest BCUT2D eigenvalue weighted by Gasteiger charge is -2.26. The summed E-state index contributed by atoms with van der Waals surface area (Å²) in [5.41, 5.74) is -0.392. The van der Waals surface area contributed by atoms with Gasteiger partial charge in [0.1, 0.15) is 0 Å². The molecule has 1 aliphatic heterocycles. The van der Waals surface area contributed by atoms with Crippen molar-refractivity contribution < 1.29 is 13.2 Å². The highest BCUT2D eigenvalue weighted by atomic mass is 32.2. The molecule has 1 saturated heterocycles. The van der Waals surface area contributed by atoms with Gasteiger partial charge in [-0.1, -0.05) is 20.8 Å². The van der Waals surface area contributed by atoms with E-state index >= 15 is 0 Å². The maximum Gasteiger partial charge on any atom is 0.225 e. The molecule has 0 spiro atoms. The molecular weight excluding hydrogens is 252 g/mol. The van der Waals surface area contributed by atoms with Crippen LogP contribution in [0.3, 0.4) is 0 Å². The zero-order valence-electron chi connectivity index (χ0n) is 11.5. The van der Waals surface area contributed by atoms with Crippen molar-refractivity contribution >= 4 is 15.9 Å². The number of rotatable bonds is 4. The predicted octanol–water partition coefficient (Wildman–Crippen LogP) is 0.964. The van der Waals surface area contributed by atoms with E-state index in [0.717, 1.165) is 12.8 Å². The van der Waals surface area contributed by atoms with E-state index in [9.17, 15) is 13.2 Å². The van der Waals surface area contributed by atoms with Gasteiger partial charge in [-0.3, -0.25) is 4.79 Å². The summed E-state index contributed by atoms with van der Waals surface area (Å²) in [5.74, 6) is 0.269. The Morgan fingerprint density at radius 3 is 2.50 bits per heavy atom. The molecule has 0 atom stereocenters. The first kappa shape index (κ1) is 15.4. The standard InChI is InChI=1S/C12H24N2O3S/c1-12(2,3)11(15)13-7-6-9-14-8-4-5-10-18(14,16)17/h4-10H2,1-3H3,(H,13,15). The molecular formula is C12H24N2O3S. The molecule has 106 valence electrons. The first-order chi connectivity index (χ1) is 8.23. The summed E-state index contributed by atoms with van der Waals surface area (Å²) in [5, 5.41) is 2.83. The van der Waals surface area contributed by atoms with E-state index in [-0.39, 0.29) is 11.7 Å². The van der Waals surface area contributed by atoms with Gasteiger partial charge in [0.2, 0.25) is 15.9 Å². The van der Waals surface area contributed by atoms with Gasteiger partial charge < -0.3 is 5.32 Å². The van der Waals surface area contributed by atoms with Crippen molar-refractivity contribution in [1.29, 1.82) is 0 Å². The molecule has 1 amide bonds. The molecule has 18 heavy (non-hydrogen) atoms. The lowest BCUT2D eigenvalue weighted by Crippen LogP contribution is -2.40. The van der Waals surface area contributed by atoms with Crippen molar-refractivity contribution in [2.45, 2.75) is 40.0 Å². The van der Waals surface area contributed by atoms with Crippen LogP contribution in [0.5, 0.6) is 0 Å². The molecule has 0 aromatic heterocycles. The Kier molecular flexibility index (Phi) is 5.16. The second-order valence-electron chi connectivity index (χ2n) is 5.78. The van der Waals surface area contributed by atoms with Crippen LogP contribution in [-0.4, -0.2) is 44.0 Å². The van der Waals surface area contributed by atoms with Crippen molar-refractivity contribution in [1.82, 2.24) is 9.62 Å². The summed E-state index contributed by atoms with van der Waals surface area (Å²) >= 11 is 0. The molecule has 0 aliphatic carbocycles. The normalized spacial score (nSPS) is 20.6. The number of amides is 1. The zero-order valence-corrected chi connectivity index (χ0v) is 12.3. The number of hydrogen-bond donors (Lipinski definition) is 1. The quantitative estimate of drug-likeness (QED) is 0.778. The van der Waals surface area contributed by atoms with Crippen LogP contribution in [0.2, 0.25) is 0 Å². The number of nitrogens with one attached hydrogen (secondary N) is 1. The number of carbonyl (C=O) groups excluding carboxylic acids is 1. The average molecular weight is 276 g/mol. The first-order valence-corrected chi connectivity index (χ1v) is 8.10. The number of carbonyl (C=O) groups is 1. The highest BCUT2D eigenvalue weighted by Gasteiger charge is 2.25. The fraction of sp³-hybridized carbons (Fsp3) is 0.917. The van der Waals surface area contributed by atoms with Crippen molar-refractivity contribution in [3.8, 4) is 0 Å². The number of sulfonamides is 1. The number of nitrogens with zero attached hydrogens (tertiary/aromatic N) is 1. The minimum atomic E-state index is -3.03. The van der Waals surface area contributed by atoms with Crippen LogP contribution in [0.15, 0.2) is 0 Å². The lowest BCUT2D eigenvalue weighted by atomic mass is 9.96. The van der Waals surface area contributed by atoms with E-state index in [1.54, 1.807) is 4.31 Å². The largest absolute Gasteiger partial charge is 0.356 e. The Bertz CT molecular complexity index is 385. The van der Waals surface area contributed by atoms with Gasteiger partial charge in [-0.2, -0.15) is 0 Å². The highest BCUT2D eigenvalue weighted by molar-refractivity contribution is 7.89. The first-order valence-electron chi connectivity index (χ1n) is 6.49. The third-order valence-electron chi connectivity index (χ3n) is 3.00.